The summed E-state index contributed by atoms with van der Waals surface area (Å²) in [5, 5.41) is 7.49. The van der Waals surface area contributed by atoms with Crippen molar-refractivity contribution in [3.63, 3.8) is 0 Å². The lowest BCUT2D eigenvalue weighted by Gasteiger charge is -2.02. The fraction of sp³-hybridized carbons (Fsp3) is 0.375. The second kappa shape index (κ2) is 4.78. The van der Waals surface area contributed by atoms with Crippen molar-refractivity contribution in [3.05, 3.63) is 35.0 Å². The summed E-state index contributed by atoms with van der Waals surface area (Å²) in [6.45, 7) is 8.60. The first kappa shape index (κ1) is 12.9. The van der Waals surface area contributed by atoms with Gasteiger partial charge in [0.25, 0.3) is 0 Å². The molecule has 20 heavy (non-hydrogen) atoms. The molecule has 0 spiro atoms. The van der Waals surface area contributed by atoms with Crippen molar-refractivity contribution in [2.24, 2.45) is 0 Å². The van der Waals surface area contributed by atoms with Gasteiger partial charge >= 0.3 is 0 Å². The highest BCUT2D eigenvalue weighted by Gasteiger charge is 2.12. The minimum Gasteiger partial charge on any atom is -0.337 e. The van der Waals surface area contributed by atoms with E-state index in [4.69, 9.17) is 0 Å². The Morgan fingerprint density at radius 2 is 1.90 bits per heavy atom. The second-order valence-corrected chi connectivity index (χ2v) is 5.56. The molecule has 2 N–H and O–H groups in total. The van der Waals surface area contributed by atoms with Gasteiger partial charge in [-0.2, -0.15) is 5.10 Å². The van der Waals surface area contributed by atoms with Crippen LogP contribution in [0.15, 0.2) is 18.2 Å². The molecule has 0 aliphatic carbocycles. The van der Waals surface area contributed by atoms with E-state index in [1.54, 1.807) is 0 Å². The van der Waals surface area contributed by atoms with Crippen LogP contribution in [0.3, 0.4) is 0 Å². The van der Waals surface area contributed by atoms with E-state index in [1.807, 2.05) is 0 Å². The van der Waals surface area contributed by atoms with Crippen LogP contribution >= 0.6 is 0 Å². The van der Waals surface area contributed by atoms with Crippen LogP contribution in [0.25, 0.3) is 22.6 Å². The lowest BCUT2D eigenvalue weighted by atomic mass is 10.1. The minimum absolute atomic E-state index is 0.491. The summed E-state index contributed by atoms with van der Waals surface area (Å²) in [5.41, 5.74) is 6.64. The summed E-state index contributed by atoms with van der Waals surface area (Å²) in [6, 6.07) is 6.35. The summed E-state index contributed by atoms with van der Waals surface area (Å²) in [5.74, 6) is 1.32. The first-order valence-corrected chi connectivity index (χ1v) is 7.11. The molecular weight excluding hydrogens is 248 g/mol. The van der Waals surface area contributed by atoms with Crippen molar-refractivity contribution in [3.8, 4) is 11.5 Å². The Balaban J connectivity index is 2.04. The fourth-order valence-electron chi connectivity index (χ4n) is 2.32. The van der Waals surface area contributed by atoms with E-state index in [0.717, 1.165) is 34.7 Å². The van der Waals surface area contributed by atoms with Gasteiger partial charge in [0.15, 0.2) is 5.82 Å². The molecule has 3 rings (SSSR count). The summed E-state index contributed by atoms with van der Waals surface area (Å²) in [7, 11) is 0. The van der Waals surface area contributed by atoms with Gasteiger partial charge in [-0.05, 0) is 55.5 Å². The molecule has 0 saturated heterocycles. The number of hydrogen-bond donors (Lipinski definition) is 2. The van der Waals surface area contributed by atoms with Crippen molar-refractivity contribution in [1.29, 1.82) is 0 Å². The van der Waals surface area contributed by atoms with Crippen LogP contribution in [0.4, 0.5) is 0 Å². The normalized spacial score (nSPS) is 13.0. The Kier molecular flexibility index (Phi) is 3.08. The number of H-pyrrole nitrogens is 2. The summed E-state index contributed by atoms with van der Waals surface area (Å²) < 4.78 is 0. The largest absolute Gasteiger partial charge is 0.337 e. The first-order chi connectivity index (χ1) is 9.58. The van der Waals surface area contributed by atoms with Crippen molar-refractivity contribution < 1.29 is 0 Å². The smallest absolute Gasteiger partial charge is 0.159 e. The highest BCUT2D eigenvalue weighted by atomic mass is 15.1. The van der Waals surface area contributed by atoms with Crippen molar-refractivity contribution in [1.82, 2.24) is 20.2 Å². The predicted octanol–water partition coefficient (Wildman–Crippen LogP) is 4.08. The number of imidazole rings is 1. The highest BCUT2D eigenvalue weighted by molar-refractivity contribution is 5.80. The molecule has 3 aromatic rings. The van der Waals surface area contributed by atoms with Crippen LogP contribution in [0.1, 0.15) is 43.0 Å². The monoisotopic (exact) mass is 268 g/mol. The molecule has 0 amide bonds. The van der Waals surface area contributed by atoms with Gasteiger partial charge in [-0.15, -0.1) is 0 Å². The summed E-state index contributed by atoms with van der Waals surface area (Å²) >= 11 is 0. The predicted molar refractivity (Wildman–Crippen MR) is 81.9 cm³/mol. The third-order valence-corrected chi connectivity index (χ3v) is 4.08. The molecule has 2 aromatic heterocycles. The number of hydrogen-bond acceptors (Lipinski definition) is 2. The number of benzene rings is 1. The van der Waals surface area contributed by atoms with Gasteiger partial charge in [-0.3, -0.25) is 5.10 Å². The molecule has 0 aliphatic heterocycles. The number of rotatable bonds is 3. The molecule has 1 atom stereocenters. The van der Waals surface area contributed by atoms with Gasteiger partial charge < -0.3 is 4.98 Å². The molecule has 4 nitrogen and oxygen atoms in total. The van der Waals surface area contributed by atoms with Crippen LogP contribution < -0.4 is 0 Å². The molecule has 0 aliphatic rings. The maximum absolute atomic E-state index is 4.65. The average Bonchev–Trinajstić information content (AvgIpc) is 3.04. The van der Waals surface area contributed by atoms with Crippen LogP contribution in [0, 0.1) is 13.8 Å². The van der Waals surface area contributed by atoms with Gasteiger partial charge in [0.05, 0.1) is 11.0 Å². The lowest BCUT2D eigenvalue weighted by Crippen LogP contribution is -1.90. The van der Waals surface area contributed by atoms with E-state index < -0.39 is 0 Å². The molecule has 1 aromatic carbocycles. The molecule has 0 bridgehead atoms. The van der Waals surface area contributed by atoms with Crippen molar-refractivity contribution in [2.75, 3.05) is 0 Å². The lowest BCUT2D eigenvalue weighted by molar-refractivity contribution is 0.703. The van der Waals surface area contributed by atoms with E-state index in [2.05, 4.69) is 66.1 Å². The zero-order valence-corrected chi connectivity index (χ0v) is 12.4. The molecular formula is C16H20N4. The third kappa shape index (κ3) is 2.11. The van der Waals surface area contributed by atoms with E-state index in [9.17, 15) is 0 Å². The number of aromatic amines is 2. The van der Waals surface area contributed by atoms with Gasteiger partial charge in [-0.1, -0.05) is 13.8 Å². The van der Waals surface area contributed by atoms with Gasteiger partial charge in [0, 0.05) is 5.69 Å². The Bertz CT molecular complexity index is 712. The molecule has 1 unspecified atom stereocenters. The van der Waals surface area contributed by atoms with Gasteiger partial charge in [0.1, 0.15) is 5.69 Å². The maximum Gasteiger partial charge on any atom is 0.159 e. The molecule has 0 saturated carbocycles. The Morgan fingerprint density at radius 3 is 2.65 bits per heavy atom. The minimum atomic E-state index is 0.491. The Morgan fingerprint density at radius 1 is 1.15 bits per heavy atom. The first-order valence-electron chi connectivity index (χ1n) is 7.11. The zero-order chi connectivity index (χ0) is 14.3. The van der Waals surface area contributed by atoms with Gasteiger partial charge in [-0.25, -0.2) is 4.98 Å². The third-order valence-electron chi connectivity index (χ3n) is 4.08. The Hall–Kier alpha value is -2.10. The van der Waals surface area contributed by atoms with Crippen molar-refractivity contribution in [2.45, 2.75) is 40.0 Å². The average molecular weight is 268 g/mol. The number of nitrogens with one attached hydrogen (secondary N) is 2. The van der Waals surface area contributed by atoms with Crippen LogP contribution in [-0.2, 0) is 0 Å². The molecule has 2 heterocycles. The number of fused-ring (bicyclic) bond motifs is 1. The topological polar surface area (TPSA) is 57.4 Å². The van der Waals surface area contributed by atoms with E-state index in [0.29, 0.717) is 5.92 Å². The molecule has 0 fully saturated rings. The van der Waals surface area contributed by atoms with Crippen molar-refractivity contribution >= 4 is 11.0 Å². The summed E-state index contributed by atoms with van der Waals surface area (Å²) in [4.78, 5) is 8.00. The van der Waals surface area contributed by atoms with Crippen LogP contribution in [-0.4, -0.2) is 20.2 Å². The standard InChI is InChI=1S/C16H20N4/c1-5-9(2)12-8-15(20-19-12)16-17-13-6-10(3)11(4)7-14(13)18-16/h6-9H,5H2,1-4H3,(H,17,18)(H,19,20). The second-order valence-electron chi connectivity index (χ2n) is 5.56. The number of aromatic nitrogens is 4. The molecule has 104 valence electrons. The quantitative estimate of drug-likeness (QED) is 0.752. The van der Waals surface area contributed by atoms with Crippen LogP contribution in [0.5, 0.6) is 0 Å². The van der Waals surface area contributed by atoms with Crippen LogP contribution in [0.2, 0.25) is 0 Å². The number of aryl methyl sites for hydroxylation is 2. The zero-order valence-electron chi connectivity index (χ0n) is 12.4. The fourth-order valence-corrected chi connectivity index (χ4v) is 2.32. The number of nitrogens with zero attached hydrogens (tertiary/aromatic N) is 2. The van der Waals surface area contributed by atoms with E-state index in [-0.39, 0.29) is 0 Å². The molecule has 0 radical (unpaired) electrons. The maximum atomic E-state index is 4.65. The van der Waals surface area contributed by atoms with Gasteiger partial charge in [0.2, 0.25) is 0 Å². The SMILES string of the molecule is CCC(C)c1cc(-c2nc3cc(C)c(C)cc3[nH]2)n[nH]1. The van der Waals surface area contributed by atoms with E-state index >= 15 is 0 Å². The Labute approximate surface area is 118 Å². The molecule has 4 heteroatoms. The van der Waals surface area contributed by atoms with E-state index in [1.165, 1.54) is 11.1 Å². The highest BCUT2D eigenvalue weighted by Crippen LogP contribution is 2.24. The summed E-state index contributed by atoms with van der Waals surface area (Å²) in [6.07, 6.45) is 1.10.